The number of unbranched alkanes of at least 4 members (excludes halogenated alkanes) is 7. The van der Waals surface area contributed by atoms with Crippen LogP contribution in [0.15, 0.2) is 60.8 Å². The molecule has 158 valence electrons. The molecule has 3 aromatic rings. The van der Waals surface area contributed by atoms with Crippen molar-refractivity contribution in [2.75, 3.05) is 6.61 Å². The SMILES string of the molecule is CCCCCCCCCCOC(=O)c1cccc2ccn(C(=O)c3ccccc3)c12. The topological polar surface area (TPSA) is 48.3 Å². The third-order valence-electron chi connectivity index (χ3n) is 5.40. The summed E-state index contributed by atoms with van der Waals surface area (Å²) in [6.07, 6.45) is 11.3. The maximum Gasteiger partial charge on any atom is 0.340 e. The number of rotatable bonds is 11. The van der Waals surface area contributed by atoms with Crippen LogP contribution in [0.5, 0.6) is 0 Å². The zero-order valence-electron chi connectivity index (χ0n) is 17.8. The summed E-state index contributed by atoms with van der Waals surface area (Å²) < 4.78 is 7.07. The molecule has 0 aliphatic carbocycles. The minimum atomic E-state index is -0.371. The van der Waals surface area contributed by atoms with E-state index in [1.54, 1.807) is 24.4 Å². The van der Waals surface area contributed by atoms with Crippen molar-refractivity contribution in [1.29, 1.82) is 0 Å². The molecule has 0 aliphatic heterocycles. The van der Waals surface area contributed by atoms with Crippen molar-refractivity contribution in [3.05, 3.63) is 71.9 Å². The molecule has 4 nitrogen and oxygen atoms in total. The Morgan fingerprint density at radius 3 is 2.23 bits per heavy atom. The lowest BCUT2D eigenvalue weighted by atomic mass is 10.1. The molecule has 0 N–H and O–H groups in total. The number of carbonyl (C=O) groups is 2. The first-order chi connectivity index (χ1) is 14.7. The van der Waals surface area contributed by atoms with Crippen LogP contribution < -0.4 is 0 Å². The fraction of sp³-hybridized carbons (Fsp3) is 0.385. The largest absolute Gasteiger partial charge is 0.462 e. The summed E-state index contributed by atoms with van der Waals surface area (Å²) >= 11 is 0. The van der Waals surface area contributed by atoms with Gasteiger partial charge in [-0.3, -0.25) is 9.36 Å². The molecule has 1 heterocycles. The van der Waals surface area contributed by atoms with Crippen LogP contribution in [0.4, 0.5) is 0 Å². The number of fused-ring (bicyclic) bond motifs is 1. The van der Waals surface area contributed by atoms with E-state index < -0.39 is 0 Å². The van der Waals surface area contributed by atoms with Crippen LogP contribution in [0, 0.1) is 0 Å². The Kier molecular flexibility index (Phi) is 8.25. The monoisotopic (exact) mass is 405 g/mol. The summed E-state index contributed by atoms with van der Waals surface area (Å²) in [4.78, 5) is 25.7. The van der Waals surface area contributed by atoms with E-state index in [4.69, 9.17) is 4.74 Å². The lowest BCUT2D eigenvalue weighted by Gasteiger charge is -2.09. The van der Waals surface area contributed by atoms with E-state index in [9.17, 15) is 9.59 Å². The molecule has 0 spiro atoms. The van der Waals surface area contributed by atoms with E-state index in [1.165, 1.54) is 43.1 Å². The van der Waals surface area contributed by atoms with Crippen molar-refractivity contribution in [2.45, 2.75) is 58.3 Å². The third kappa shape index (κ3) is 5.59. The third-order valence-corrected chi connectivity index (χ3v) is 5.40. The number of benzene rings is 2. The van der Waals surface area contributed by atoms with Gasteiger partial charge in [-0.15, -0.1) is 0 Å². The number of hydrogen-bond donors (Lipinski definition) is 0. The predicted octanol–water partition coefficient (Wildman–Crippen LogP) is 6.63. The van der Waals surface area contributed by atoms with Crippen LogP contribution in [0.2, 0.25) is 0 Å². The van der Waals surface area contributed by atoms with Crippen LogP contribution >= 0.6 is 0 Å². The first-order valence-electron chi connectivity index (χ1n) is 11.1. The average molecular weight is 406 g/mol. The Bertz CT molecular complexity index is 959. The molecule has 30 heavy (non-hydrogen) atoms. The van der Waals surface area contributed by atoms with E-state index in [2.05, 4.69) is 6.92 Å². The molecule has 3 rings (SSSR count). The van der Waals surface area contributed by atoms with Crippen molar-refractivity contribution in [3.8, 4) is 0 Å². The molecular formula is C26H31NO3. The standard InChI is InChI=1S/C26H31NO3/c1-2-3-4-5-6-7-8-12-20-30-26(29)23-17-13-16-21-18-19-27(24(21)23)25(28)22-14-10-9-11-15-22/h9-11,13-19H,2-8,12,20H2,1H3. The fourth-order valence-corrected chi connectivity index (χ4v) is 3.73. The van der Waals surface area contributed by atoms with E-state index in [0.29, 0.717) is 23.3 Å². The second kappa shape index (κ2) is 11.3. The molecule has 0 saturated heterocycles. The maximum atomic E-state index is 12.9. The van der Waals surface area contributed by atoms with Crippen LogP contribution in [0.3, 0.4) is 0 Å². The van der Waals surface area contributed by atoms with Crippen LogP contribution in [-0.4, -0.2) is 23.1 Å². The molecule has 0 atom stereocenters. The van der Waals surface area contributed by atoms with Crippen LogP contribution in [0.25, 0.3) is 10.9 Å². The molecule has 4 heteroatoms. The van der Waals surface area contributed by atoms with E-state index in [-0.39, 0.29) is 11.9 Å². The summed E-state index contributed by atoms with van der Waals surface area (Å²) in [6.45, 7) is 2.64. The Balaban J connectivity index is 1.60. The van der Waals surface area contributed by atoms with Gasteiger partial charge in [-0.25, -0.2) is 4.79 Å². The molecule has 0 saturated carbocycles. The summed E-state index contributed by atoms with van der Waals surface area (Å²) in [7, 11) is 0. The van der Waals surface area contributed by atoms with Gasteiger partial charge in [-0.2, -0.15) is 0 Å². The first kappa shape index (κ1) is 21.8. The summed E-state index contributed by atoms with van der Waals surface area (Å²) in [5, 5.41) is 0.848. The van der Waals surface area contributed by atoms with Gasteiger partial charge in [0.05, 0.1) is 17.7 Å². The number of nitrogens with zero attached hydrogens (tertiary/aromatic N) is 1. The minimum Gasteiger partial charge on any atom is -0.462 e. The second-order valence-electron chi connectivity index (χ2n) is 7.71. The number of hydrogen-bond acceptors (Lipinski definition) is 3. The number of carbonyl (C=O) groups excluding carboxylic acids is 2. The fourth-order valence-electron chi connectivity index (χ4n) is 3.73. The molecule has 0 fully saturated rings. The van der Waals surface area contributed by atoms with E-state index in [1.807, 2.05) is 36.4 Å². The van der Waals surface area contributed by atoms with Gasteiger partial charge >= 0.3 is 5.97 Å². The number of para-hydroxylation sites is 1. The van der Waals surface area contributed by atoms with Crippen molar-refractivity contribution in [1.82, 2.24) is 4.57 Å². The van der Waals surface area contributed by atoms with Crippen molar-refractivity contribution >= 4 is 22.8 Å². The number of aromatic nitrogens is 1. The van der Waals surface area contributed by atoms with Crippen LogP contribution in [0.1, 0.15) is 79.0 Å². The highest BCUT2D eigenvalue weighted by molar-refractivity contribution is 6.09. The molecule has 0 radical (unpaired) electrons. The lowest BCUT2D eigenvalue weighted by Crippen LogP contribution is -2.14. The van der Waals surface area contributed by atoms with E-state index in [0.717, 1.165) is 18.2 Å². The van der Waals surface area contributed by atoms with Gasteiger partial charge in [0.1, 0.15) is 0 Å². The van der Waals surface area contributed by atoms with Gasteiger partial charge in [0.15, 0.2) is 0 Å². The van der Waals surface area contributed by atoms with Gasteiger partial charge in [0.25, 0.3) is 5.91 Å². The highest BCUT2D eigenvalue weighted by atomic mass is 16.5. The highest BCUT2D eigenvalue weighted by Gasteiger charge is 2.18. The molecule has 0 bridgehead atoms. The predicted molar refractivity (Wildman–Crippen MR) is 121 cm³/mol. The molecule has 0 unspecified atom stereocenters. The quantitative estimate of drug-likeness (QED) is 0.266. The molecule has 1 aromatic heterocycles. The smallest absolute Gasteiger partial charge is 0.340 e. The molecule has 0 amide bonds. The summed E-state index contributed by atoms with van der Waals surface area (Å²) in [5.41, 5.74) is 1.62. The van der Waals surface area contributed by atoms with Gasteiger partial charge < -0.3 is 4.74 Å². The van der Waals surface area contributed by atoms with Gasteiger partial charge in [0.2, 0.25) is 0 Å². The minimum absolute atomic E-state index is 0.158. The van der Waals surface area contributed by atoms with Crippen molar-refractivity contribution in [3.63, 3.8) is 0 Å². The first-order valence-corrected chi connectivity index (χ1v) is 11.1. The van der Waals surface area contributed by atoms with Crippen LogP contribution in [-0.2, 0) is 4.74 Å². The van der Waals surface area contributed by atoms with Gasteiger partial charge in [-0.05, 0) is 30.7 Å². The normalized spacial score (nSPS) is 11.0. The number of ether oxygens (including phenoxy) is 1. The van der Waals surface area contributed by atoms with Crippen molar-refractivity contribution < 1.29 is 14.3 Å². The Hall–Kier alpha value is -2.88. The Morgan fingerprint density at radius 1 is 0.800 bits per heavy atom. The Morgan fingerprint density at radius 2 is 1.50 bits per heavy atom. The molecular weight excluding hydrogens is 374 g/mol. The zero-order valence-corrected chi connectivity index (χ0v) is 17.8. The zero-order chi connectivity index (χ0) is 21.2. The lowest BCUT2D eigenvalue weighted by molar-refractivity contribution is 0.0499. The summed E-state index contributed by atoms with van der Waals surface area (Å²) in [6, 6.07) is 16.4. The molecule has 2 aromatic carbocycles. The van der Waals surface area contributed by atoms with E-state index >= 15 is 0 Å². The van der Waals surface area contributed by atoms with Gasteiger partial charge in [-0.1, -0.05) is 82.2 Å². The molecule has 0 aliphatic rings. The summed E-state index contributed by atoms with van der Waals surface area (Å²) in [5.74, 6) is -0.529. The van der Waals surface area contributed by atoms with Crippen molar-refractivity contribution in [2.24, 2.45) is 0 Å². The highest BCUT2D eigenvalue weighted by Crippen LogP contribution is 2.22. The van der Waals surface area contributed by atoms with Gasteiger partial charge in [0, 0.05) is 17.1 Å². The second-order valence-corrected chi connectivity index (χ2v) is 7.71. The Labute approximate surface area is 178 Å². The number of esters is 1. The maximum absolute atomic E-state index is 12.9. The average Bonchev–Trinajstić information content (AvgIpc) is 3.22.